The largest absolute Gasteiger partial charge is 0.379 e. The second-order valence-corrected chi connectivity index (χ2v) is 6.25. The van der Waals surface area contributed by atoms with Crippen LogP contribution in [0.25, 0.3) is 0 Å². The predicted octanol–water partition coefficient (Wildman–Crippen LogP) is 0.783. The normalized spacial score (nSPS) is 27.7. The standard InChI is InChI=1S/C14H29N3O/c1-14(2)13-17(6-4-3-5-15-14)8-7-16-9-11-18-12-10-16/h15H,3-13H2,1-2H3. The predicted molar refractivity (Wildman–Crippen MR) is 75.0 cm³/mol. The van der Waals surface area contributed by atoms with Crippen LogP contribution in [0.2, 0.25) is 0 Å². The van der Waals surface area contributed by atoms with Crippen molar-refractivity contribution in [2.45, 2.75) is 32.2 Å². The molecular formula is C14H29N3O. The van der Waals surface area contributed by atoms with Crippen LogP contribution in [-0.2, 0) is 4.74 Å². The fraction of sp³-hybridized carbons (Fsp3) is 1.00. The van der Waals surface area contributed by atoms with Crippen LogP contribution in [0.5, 0.6) is 0 Å². The molecule has 2 aliphatic rings. The third-order valence-electron chi connectivity index (χ3n) is 3.96. The van der Waals surface area contributed by atoms with E-state index in [-0.39, 0.29) is 5.54 Å². The minimum absolute atomic E-state index is 0.255. The average molecular weight is 255 g/mol. The third-order valence-corrected chi connectivity index (χ3v) is 3.96. The topological polar surface area (TPSA) is 27.7 Å². The lowest BCUT2D eigenvalue weighted by Gasteiger charge is -2.37. The molecule has 0 aromatic heterocycles. The van der Waals surface area contributed by atoms with Gasteiger partial charge in [0.25, 0.3) is 0 Å². The Balaban J connectivity index is 1.75. The van der Waals surface area contributed by atoms with Crippen LogP contribution in [-0.4, -0.2) is 74.4 Å². The van der Waals surface area contributed by atoms with Crippen molar-refractivity contribution >= 4 is 0 Å². The Morgan fingerprint density at radius 2 is 1.72 bits per heavy atom. The first kappa shape index (κ1) is 14.3. The van der Waals surface area contributed by atoms with Crippen LogP contribution in [0.4, 0.5) is 0 Å². The van der Waals surface area contributed by atoms with Crippen molar-refractivity contribution in [3.8, 4) is 0 Å². The lowest BCUT2D eigenvalue weighted by Crippen LogP contribution is -2.52. The lowest BCUT2D eigenvalue weighted by atomic mass is 10.0. The number of nitrogens with zero attached hydrogens (tertiary/aromatic N) is 2. The number of morpholine rings is 1. The zero-order chi connectivity index (χ0) is 12.8. The van der Waals surface area contributed by atoms with Gasteiger partial charge in [0.1, 0.15) is 0 Å². The van der Waals surface area contributed by atoms with E-state index in [1.807, 2.05) is 0 Å². The van der Waals surface area contributed by atoms with Gasteiger partial charge in [-0.15, -0.1) is 0 Å². The Morgan fingerprint density at radius 1 is 1.00 bits per heavy atom. The number of rotatable bonds is 3. The van der Waals surface area contributed by atoms with Gasteiger partial charge in [-0.2, -0.15) is 0 Å². The summed E-state index contributed by atoms with van der Waals surface area (Å²) in [4.78, 5) is 5.16. The molecule has 0 unspecified atom stereocenters. The third kappa shape index (κ3) is 4.84. The Labute approximate surface area is 112 Å². The molecule has 0 amide bonds. The SMILES string of the molecule is CC1(C)CN(CCN2CCOCC2)CCCCN1. The quantitative estimate of drug-likeness (QED) is 0.807. The summed E-state index contributed by atoms with van der Waals surface area (Å²) in [7, 11) is 0. The Hall–Kier alpha value is -0.160. The van der Waals surface area contributed by atoms with Crippen molar-refractivity contribution in [1.29, 1.82) is 0 Å². The van der Waals surface area contributed by atoms with E-state index in [1.165, 1.54) is 39.0 Å². The van der Waals surface area contributed by atoms with Crippen molar-refractivity contribution in [3.05, 3.63) is 0 Å². The molecule has 2 fully saturated rings. The molecule has 2 heterocycles. The second kappa shape index (κ2) is 6.85. The molecule has 4 nitrogen and oxygen atoms in total. The molecule has 18 heavy (non-hydrogen) atoms. The highest BCUT2D eigenvalue weighted by atomic mass is 16.5. The first-order valence-corrected chi connectivity index (χ1v) is 7.43. The molecule has 0 aromatic rings. The zero-order valence-corrected chi connectivity index (χ0v) is 12.1. The van der Waals surface area contributed by atoms with Crippen LogP contribution in [0.3, 0.4) is 0 Å². The van der Waals surface area contributed by atoms with Gasteiger partial charge in [-0.25, -0.2) is 0 Å². The molecule has 106 valence electrons. The summed E-state index contributed by atoms with van der Waals surface area (Å²) in [6.45, 7) is 14.7. The number of nitrogens with one attached hydrogen (secondary N) is 1. The van der Waals surface area contributed by atoms with E-state index >= 15 is 0 Å². The van der Waals surface area contributed by atoms with E-state index < -0.39 is 0 Å². The number of hydrogen-bond donors (Lipinski definition) is 1. The van der Waals surface area contributed by atoms with Crippen molar-refractivity contribution in [2.24, 2.45) is 0 Å². The highest BCUT2D eigenvalue weighted by Gasteiger charge is 2.23. The van der Waals surface area contributed by atoms with Gasteiger partial charge < -0.3 is 15.0 Å². The van der Waals surface area contributed by atoms with E-state index in [0.29, 0.717) is 0 Å². The molecule has 0 aliphatic carbocycles. The summed E-state index contributed by atoms with van der Waals surface area (Å²) in [5.41, 5.74) is 0.255. The van der Waals surface area contributed by atoms with Crippen molar-refractivity contribution < 1.29 is 4.74 Å². The van der Waals surface area contributed by atoms with Crippen molar-refractivity contribution in [2.75, 3.05) is 59.0 Å². The Morgan fingerprint density at radius 3 is 2.50 bits per heavy atom. The molecule has 0 aromatic carbocycles. The van der Waals surface area contributed by atoms with E-state index in [0.717, 1.165) is 32.8 Å². The number of ether oxygens (including phenoxy) is 1. The molecule has 1 N–H and O–H groups in total. The van der Waals surface area contributed by atoms with Crippen LogP contribution in [0, 0.1) is 0 Å². The van der Waals surface area contributed by atoms with Crippen molar-refractivity contribution in [1.82, 2.24) is 15.1 Å². The molecule has 0 radical (unpaired) electrons. The monoisotopic (exact) mass is 255 g/mol. The minimum atomic E-state index is 0.255. The molecular weight excluding hydrogens is 226 g/mol. The molecule has 2 saturated heterocycles. The van der Waals surface area contributed by atoms with Crippen LogP contribution >= 0.6 is 0 Å². The zero-order valence-electron chi connectivity index (χ0n) is 12.1. The van der Waals surface area contributed by atoms with Gasteiger partial charge in [-0.3, -0.25) is 4.90 Å². The molecule has 0 saturated carbocycles. The molecule has 2 aliphatic heterocycles. The molecule has 2 rings (SSSR count). The van der Waals surface area contributed by atoms with Crippen LogP contribution in [0.1, 0.15) is 26.7 Å². The highest BCUT2D eigenvalue weighted by Crippen LogP contribution is 2.10. The van der Waals surface area contributed by atoms with Crippen molar-refractivity contribution in [3.63, 3.8) is 0 Å². The molecule has 0 atom stereocenters. The summed E-state index contributed by atoms with van der Waals surface area (Å²) >= 11 is 0. The minimum Gasteiger partial charge on any atom is -0.379 e. The Kier molecular flexibility index (Phi) is 5.42. The van der Waals surface area contributed by atoms with Gasteiger partial charge in [-0.1, -0.05) is 0 Å². The van der Waals surface area contributed by atoms with Gasteiger partial charge in [0.2, 0.25) is 0 Å². The summed E-state index contributed by atoms with van der Waals surface area (Å²) < 4.78 is 5.40. The van der Waals surface area contributed by atoms with Gasteiger partial charge in [0.05, 0.1) is 13.2 Å². The molecule has 4 heteroatoms. The first-order chi connectivity index (χ1) is 8.66. The van der Waals surface area contributed by atoms with Crippen LogP contribution in [0.15, 0.2) is 0 Å². The highest BCUT2D eigenvalue weighted by molar-refractivity contribution is 4.84. The summed E-state index contributed by atoms with van der Waals surface area (Å²) in [6.07, 6.45) is 2.63. The maximum absolute atomic E-state index is 5.40. The van der Waals surface area contributed by atoms with Gasteiger partial charge >= 0.3 is 0 Å². The molecule has 0 bridgehead atoms. The van der Waals surface area contributed by atoms with E-state index in [4.69, 9.17) is 4.74 Å². The average Bonchev–Trinajstić information content (AvgIpc) is 2.34. The van der Waals surface area contributed by atoms with E-state index in [1.54, 1.807) is 0 Å². The van der Waals surface area contributed by atoms with Gasteiger partial charge in [-0.05, 0) is 39.8 Å². The Bertz CT molecular complexity index is 239. The summed E-state index contributed by atoms with van der Waals surface area (Å²) in [6, 6.07) is 0. The summed E-state index contributed by atoms with van der Waals surface area (Å²) in [5.74, 6) is 0. The maximum Gasteiger partial charge on any atom is 0.0594 e. The fourth-order valence-corrected chi connectivity index (χ4v) is 2.88. The lowest BCUT2D eigenvalue weighted by molar-refractivity contribution is 0.0315. The first-order valence-electron chi connectivity index (χ1n) is 7.43. The summed E-state index contributed by atoms with van der Waals surface area (Å²) in [5, 5.41) is 3.65. The van der Waals surface area contributed by atoms with E-state index in [9.17, 15) is 0 Å². The van der Waals surface area contributed by atoms with E-state index in [2.05, 4.69) is 29.0 Å². The van der Waals surface area contributed by atoms with Gasteiger partial charge in [0, 0.05) is 38.3 Å². The van der Waals surface area contributed by atoms with Crippen LogP contribution < -0.4 is 5.32 Å². The second-order valence-electron chi connectivity index (χ2n) is 6.25. The smallest absolute Gasteiger partial charge is 0.0594 e. The number of hydrogen-bond acceptors (Lipinski definition) is 4. The fourth-order valence-electron chi connectivity index (χ4n) is 2.88. The maximum atomic E-state index is 5.40. The molecule has 0 spiro atoms. The van der Waals surface area contributed by atoms with Gasteiger partial charge in [0.15, 0.2) is 0 Å².